The zero-order valence-corrected chi connectivity index (χ0v) is 7.65. The molecule has 5 nitrogen and oxygen atoms in total. The smallest absolute Gasteiger partial charge is 0.287 e. The van der Waals surface area contributed by atoms with Crippen LogP contribution in [-0.4, -0.2) is 11.6 Å². The van der Waals surface area contributed by atoms with Gasteiger partial charge in [-0.25, -0.2) is 0 Å². The first-order valence-electron chi connectivity index (χ1n) is 3.55. The van der Waals surface area contributed by atoms with Crippen molar-refractivity contribution in [2.75, 3.05) is 6.66 Å². The second-order valence-corrected chi connectivity index (χ2v) is 3.75. The van der Waals surface area contributed by atoms with Crippen LogP contribution in [0.4, 0.5) is 5.69 Å². The van der Waals surface area contributed by atoms with Gasteiger partial charge in [-0.15, -0.1) is 0 Å². The molecule has 1 unspecified atom stereocenters. The number of nitrogens with zero attached hydrogens (tertiary/aromatic N) is 1. The lowest BCUT2D eigenvalue weighted by Crippen LogP contribution is -1.86. The van der Waals surface area contributed by atoms with Gasteiger partial charge in [-0.3, -0.25) is 10.1 Å². The van der Waals surface area contributed by atoms with Gasteiger partial charge >= 0.3 is 0 Å². The van der Waals surface area contributed by atoms with Crippen molar-refractivity contribution in [3.63, 3.8) is 0 Å². The molecule has 0 N–H and O–H groups in total. The normalized spacial score (nSPS) is 18.7. The van der Waals surface area contributed by atoms with Gasteiger partial charge in [0.15, 0.2) is 11.5 Å². The number of nitro benzene ring substituents is 1. The third-order valence-corrected chi connectivity index (χ3v) is 2.50. The van der Waals surface area contributed by atoms with Crippen LogP contribution in [0.5, 0.6) is 11.5 Å². The number of hydrogen-bond acceptors (Lipinski definition) is 4. The summed E-state index contributed by atoms with van der Waals surface area (Å²) in [6.07, 6.45) is 0. The van der Waals surface area contributed by atoms with Crippen molar-refractivity contribution >= 4 is 14.1 Å². The minimum absolute atomic E-state index is 0.0210. The van der Waals surface area contributed by atoms with Gasteiger partial charge in [-0.05, 0) is 6.07 Å². The quantitative estimate of drug-likeness (QED) is 0.395. The fourth-order valence-electron chi connectivity index (χ4n) is 1.05. The Bertz CT molecular complexity index is 368. The second kappa shape index (κ2) is 2.85. The second-order valence-electron chi connectivity index (χ2n) is 2.51. The van der Waals surface area contributed by atoms with E-state index >= 15 is 0 Å². The topological polar surface area (TPSA) is 61.6 Å². The predicted molar refractivity (Wildman–Crippen MR) is 47.2 cm³/mol. The summed E-state index contributed by atoms with van der Waals surface area (Å²) in [6.45, 7) is 1.79. The van der Waals surface area contributed by atoms with E-state index in [0.29, 0.717) is 11.5 Å². The molecule has 0 radical (unpaired) electrons. The van der Waals surface area contributed by atoms with Crippen molar-refractivity contribution in [2.24, 2.45) is 0 Å². The molecule has 1 aliphatic heterocycles. The van der Waals surface area contributed by atoms with Crippen molar-refractivity contribution in [1.29, 1.82) is 0 Å². The van der Waals surface area contributed by atoms with Gasteiger partial charge in [0.25, 0.3) is 14.1 Å². The summed E-state index contributed by atoms with van der Waals surface area (Å²) in [6, 6.07) is 4.33. The molecule has 0 aliphatic carbocycles. The molecule has 13 heavy (non-hydrogen) atoms. The van der Waals surface area contributed by atoms with Crippen molar-refractivity contribution in [3.8, 4) is 11.5 Å². The Balaban J connectivity index is 2.40. The highest BCUT2D eigenvalue weighted by molar-refractivity contribution is 7.47. The molecule has 0 saturated heterocycles. The standard InChI is InChI=1S/C7H6NO4P/c1-13-11-6-3-2-5(8(9)10)4-7(6)12-13/h2-4H,1H3. The highest BCUT2D eigenvalue weighted by Gasteiger charge is 2.23. The lowest BCUT2D eigenvalue weighted by atomic mass is 10.3. The number of fused-ring (bicyclic) bond motifs is 1. The van der Waals surface area contributed by atoms with E-state index in [1.807, 2.05) is 0 Å². The molecule has 0 aromatic heterocycles. The summed E-state index contributed by atoms with van der Waals surface area (Å²) in [5.74, 6) is 1.04. The number of benzene rings is 1. The van der Waals surface area contributed by atoms with Gasteiger partial charge < -0.3 is 9.05 Å². The average molecular weight is 199 g/mol. The molecule has 1 aromatic carbocycles. The molecular weight excluding hydrogens is 193 g/mol. The minimum Gasteiger partial charge on any atom is -0.435 e. The Hall–Kier alpha value is -1.35. The van der Waals surface area contributed by atoms with E-state index in [-0.39, 0.29) is 5.69 Å². The summed E-state index contributed by atoms with van der Waals surface area (Å²) < 4.78 is 10.5. The maximum Gasteiger partial charge on any atom is 0.287 e. The van der Waals surface area contributed by atoms with Crippen LogP contribution in [0.1, 0.15) is 0 Å². The van der Waals surface area contributed by atoms with Crippen molar-refractivity contribution in [2.45, 2.75) is 0 Å². The van der Waals surface area contributed by atoms with Crippen molar-refractivity contribution in [1.82, 2.24) is 0 Å². The summed E-state index contributed by atoms with van der Waals surface area (Å²) in [4.78, 5) is 9.94. The summed E-state index contributed by atoms with van der Waals surface area (Å²) in [5.41, 5.74) is 0.0210. The third-order valence-electron chi connectivity index (χ3n) is 1.59. The van der Waals surface area contributed by atoms with Crippen LogP contribution >= 0.6 is 8.38 Å². The molecule has 6 heteroatoms. The summed E-state index contributed by atoms with van der Waals surface area (Å²) in [7, 11) is -0.946. The largest absolute Gasteiger partial charge is 0.435 e. The first kappa shape index (κ1) is 8.26. The summed E-state index contributed by atoms with van der Waals surface area (Å²) >= 11 is 0. The fraction of sp³-hybridized carbons (Fsp3) is 0.143. The Morgan fingerprint density at radius 1 is 1.38 bits per heavy atom. The number of rotatable bonds is 1. The molecule has 0 saturated carbocycles. The molecule has 1 aromatic rings. The summed E-state index contributed by atoms with van der Waals surface area (Å²) in [5, 5.41) is 10.4. The Kier molecular flexibility index (Phi) is 1.81. The Morgan fingerprint density at radius 3 is 2.77 bits per heavy atom. The molecule has 1 aliphatic rings. The van der Waals surface area contributed by atoms with E-state index < -0.39 is 13.3 Å². The van der Waals surface area contributed by atoms with E-state index in [2.05, 4.69) is 0 Å². The molecule has 2 rings (SSSR count). The van der Waals surface area contributed by atoms with E-state index in [0.717, 1.165) is 0 Å². The number of non-ortho nitro benzene ring substituents is 1. The van der Waals surface area contributed by atoms with E-state index in [9.17, 15) is 10.1 Å². The van der Waals surface area contributed by atoms with Crippen LogP contribution in [0.25, 0.3) is 0 Å². The zero-order chi connectivity index (χ0) is 9.42. The van der Waals surface area contributed by atoms with Crippen LogP contribution in [0.2, 0.25) is 0 Å². The first-order valence-corrected chi connectivity index (χ1v) is 5.17. The maximum absolute atomic E-state index is 10.4. The van der Waals surface area contributed by atoms with Gasteiger partial charge in [-0.2, -0.15) is 0 Å². The highest BCUT2D eigenvalue weighted by atomic mass is 31.2. The van der Waals surface area contributed by atoms with E-state index in [1.165, 1.54) is 12.1 Å². The Morgan fingerprint density at radius 2 is 2.08 bits per heavy atom. The molecule has 0 fully saturated rings. The fourth-order valence-corrected chi connectivity index (χ4v) is 1.94. The minimum atomic E-state index is -0.946. The SMILES string of the molecule is CP1Oc2ccc([N+](=O)[O-])cc2O1. The van der Waals surface area contributed by atoms with Crippen LogP contribution in [0.15, 0.2) is 18.2 Å². The molecular formula is C7H6NO4P. The molecule has 1 atom stereocenters. The van der Waals surface area contributed by atoms with E-state index in [4.69, 9.17) is 9.05 Å². The van der Waals surface area contributed by atoms with Gasteiger partial charge in [0.05, 0.1) is 11.0 Å². The van der Waals surface area contributed by atoms with Crippen LogP contribution in [0.3, 0.4) is 0 Å². The molecule has 0 spiro atoms. The number of hydrogen-bond donors (Lipinski definition) is 0. The van der Waals surface area contributed by atoms with Crippen molar-refractivity contribution in [3.05, 3.63) is 28.3 Å². The monoisotopic (exact) mass is 199 g/mol. The van der Waals surface area contributed by atoms with Gasteiger partial charge in [0, 0.05) is 12.7 Å². The van der Waals surface area contributed by atoms with Gasteiger partial charge in [0.1, 0.15) is 0 Å². The van der Waals surface area contributed by atoms with Crippen molar-refractivity contribution < 1.29 is 14.0 Å². The zero-order valence-electron chi connectivity index (χ0n) is 6.76. The molecule has 0 bridgehead atoms. The molecule has 0 amide bonds. The van der Waals surface area contributed by atoms with Crippen LogP contribution in [-0.2, 0) is 0 Å². The lowest BCUT2D eigenvalue weighted by molar-refractivity contribution is -0.384. The maximum atomic E-state index is 10.4. The Labute approximate surface area is 75.3 Å². The number of nitro groups is 1. The predicted octanol–water partition coefficient (Wildman–Crippen LogP) is 2.31. The van der Waals surface area contributed by atoms with E-state index in [1.54, 1.807) is 12.7 Å². The van der Waals surface area contributed by atoms with Crippen LogP contribution in [0, 0.1) is 10.1 Å². The van der Waals surface area contributed by atoms with Crippen LogP contribution < -0.4 is 9.05 Å². The van der Waals surface area contributed by atoms with Gasteiger partial charge in [-0.1, -0.05) is 0 Å². The molecule has 68 valence electrons. The lowest BCUT2D eigenvalue weighted by Gasteiger charge is -1.97. The highest BCUT2D eigenvalue weighted by Crippen LogP contribution is 2.50. The molecule has 1 heterocycles. The average Bonchev–Trinajstić information content (AvgIpc) is 2.42. The van der Waals surface area contributed by atoms with Gasteiger partial charge in [0.2, 0.25) is 0 Å². The third kappa shape index (κ3) is 1.42. The first-order chi connectivity index (χ1) is 6.16.